The standard InChI is InChI=1S/C9H13N5/c1-3-13-9(8(10)7(2)12-13)14-6-4-5-11-14/h4-6H,3,10H2,1-2H3. The summed E-state index contributed by atoms with van der Waals surface area (Å²) in [5.74, 6) is 0.843. The third-order valence-electron chi connectivity index (χ3n) is 2.17. The van der Waals surface area contributed by atoms with Crippen LogP contribution in [-0.2, 0) is 6.54 Å². The van der Waals surface area contributed by atoms with Crippen LogP contribution < -0.4 is 5.73 Å². The molecule has 0 aliphatic heterocycles. The van der Waals surface area contributed by atoms with Gasteiger partial charge in [-0.25, -0.2) is 9.36 Å². The van der Waals surface area contributed by atoms with E-state index in [9.17, 15) is 0 Å². The molecule has 0 unspecified atom stereocenters. The first-order chi connectivity index (χ1) is 6.74. The summed E-state index contributed by atoms with van der Waals surface area (Å²) in [6.45, 7) is 4.71. The van der Waals surface area contributed by atoms with Crippen molar-refractivity contribution in [1.29, 1.82) is 0 Å². The van der Waals surface area contributed by atoms with Crippen molar-refractivity contribution in [3.05, 3.63) is 24.2 Å². The molecule has 0 saturated carbocycles. The van der Waals surface area contributed by atoms with Crippen LogP contribution in [0.5, 0.6) is 0 Å². The molecule has 2 aromatic rings. The second-order valence-electron chi connectivity index (χ2n) is 3.09. The first kappa shape index (κ1) is 8.80. The quantitative estimate of drug-likeness (QED) is 0.769. The maximum atomic E-state index is 5.93. The summed E-state index contributed by atoms with van der Waals surface area (Å²) in [6.07, 6.45) is 3.58. The monoisotopic (exact) mass is 191 g/mol. The molecular weight excluding hydrogens is 178 g/mol. The molecule has 0 amide bonds. The molecule has 2 rings (SSSR count). The zero-order chi connectivity index (χ0) is 10.1. The van der Waals surface area contributed by atoms with Crippen molar-refractivity contribution in [2.75, 3.05) is 5.73 Å². The Morgan fingerprint density at radius 2 is 2.29 bits per heavy atom. The maximum Gasteiger partial charge on any atom is 0.175 e. The molecule has 0 aliphatic rings. The Kier molecular flexibility index (Phi) is 1.99. The predicted octanol–water partition coefficient (Wildman–Crippen LogP) is 0.979. The fourth-order valence-electron chi connectivity index (χ4n) is 1.44. The molecule has 0 spiro atoms. The number of anilines is 1. The number of nitrogen functional groups attached to an aromatic ring is 1. The van der Waals surface area contributed by atoms with Crippen molar-refractivity contribution in [2.24, 2.45) is 0 Å². The second-order valence-corrected chi connectivity index (χ2v) is 3.09. The molecule has 2 heterocycles. The van der Waals surface area contributed by atoms with E-state index in [1.807, 2.05) is 30.8 Å². The van der Waals surface area contributed by atoms with E-state index in [0.717, 1.165) is 18.1 Å². The van der Waals surface area contributed by atoms with E-state index >= 15 is 0 Å². The third kappa shape index (κ3) is 1.17. The van der Waals surface area contributed by atoms with Crippen molar-refractivity contribution in [2.45, 2.75) is 20.4 Å². The molecule has 5 heteroatoms. The molecule has 0 aromatic carbocycles. The van der Waals surface area contributed by atoms with E-state index in [2.05, 4.69) is 10.2 Å². The van der Waals surface area contributed by atoms with Crippen molar-refractivity contribution in [3.63, 3.8) is 0 Å². The van der Waals surface area contributed by atoms with Crippen LogP contribution in [-0.4, -0.2) is 19.6 Å². The summed E-state index contributed by atoms with van der Waals surface area (Å²) in [5.41, 5.74) is 7.46. The van der Waals surface area contributed by atoms with Gasteiger partial charge in [-0.1, -0.05) is 0 Å². The number of hydrogen-bond donors (Lipinski definition) is 1. The molecule has 0 aliphatic carbocycles. The molecule has 0 bridgehead atoms. The van der Waals surface area contributed by atoms with Gasteiger partial charge in [0.15, 0.2) is 5.82 Å². The molecule has 0 fully saturated rings. The Bertz CT molecular complexity index is 426. The van der Waals surface area contributed by atoms with Gasteiger partial charge in [0.2, 0.25) is 0 Å². The zero-order valence-electron chi connectivity index (χ0n) is 8.31. The number of hydrogen-bond acceptors (Lipinski definition) is 3. The van der Waals surface area contributed by atoms with Gasteiger partial charge in [0, 0.05) is 18.9 Å². The van der Waals surface area contributed by atoms with Gasteiger partial charge in [-0.05, 0) is 19.9 Å². The lowest BCUT2D eigenvalue weighted by molar-refractivity contribution is 0.618. The maximum absolute atomic E-state index is 5.93. The van der Waals surface area contributed by atoms with Crippen LogP contribution in [0.2, 0.25) is 0 Å². The Labute approximate surface area is 82.1 Å². The van der Waals surface area contributed by atoms with E-state index in [0.29, 0.717) is 5.69 Å². The number of nitrogens with zero attached hydrogens (tertiary/aromatic N) is 4. The highest BCUT2D eigenvalue weighted by Crippen LogP contribution is 2.19. The van der Waals surface area contributed by atoms with E-state index < -0.39 is 0 Å². The fraction of sp³-hybridized carbons (Fsp3) is 0.333. The summed E-state index contributed by atoms with van der Waals surface area (Å²) in [7, 11) is 0. The summed E-state index contributed by atoms with van der Waals surface area (Å²) < 4.78 is 3.58. The Morgan fingerprint density at radius 1 is 1.50 bits per heavy atom. The topological polar surface area (TPSA) is 61.7 Å². The number of rotatable bonds is 2. The van der Waals surface area contributed by atoms with Gasteiger partial charge in [-0.3, -0.25) is 0 Å². The highest BCUT2D eigenvalue weighted by atomic mass is 15.4. The van der Waals surface area contributed by atoms with Gasteiger partial charge < -0.3 is 5.73 Å². The predicted molar refractivity (Wildman–Crippen MR) is 54.2 cm³/mol. The third-order valence-corrected chi connectivity index (χ3v) is 2.17. The molecular formula is C9H13N5. The molecule has 5 nitrogen and oxygen atoms in total. The normalized spacial score (nSPS) is 10.7. The van der Waals surface area contributed by atoms with E-state index in [-0.39, 0.29) is 0 Å². The van der Waals surface area contributed by atoms with Crippen molar-refractivity contribution in [1.82, 2.24) is 19.6 Å². The lowest BCUT2D eigenvalue weighted by atomic mass is 10.4. The smallest absolute Gasteiger partial charge is 0.175 e. The lowest BCUT2D eigenvalue weighted by Gasteiger charge is -2.04. The van der Waals surface area contributed by atoms with Crippen LogP contribution in [0.4, 0.5) is 5.69 Å². The van der Waals surface area contributed by atoms with Crippen molar-refractivity contribution < 1.29 is 0 Å². The van der Waals surface area contributed by atoms with Crippen LogP contribution in [0.3, 0.4) is 0 Å². The SMILES string of the molecule is CCn1nc(C)c(N)c1-n1cccn1. The van der Waals surface area contributed by atoms with Gasteiger partial charge in [0.05, 0.1) is 11.4 Å². The van der Waals surface area contributed by atoms with Gasteiger partial charge in [0.25, 0.3) is 0 Å². The van der Waals surface area contributed by atoms with Crippen molar-refractivity contribution in [3.8, 4) is 5.82 Å². The average molecular weight is 191 g/mol. The molecule has 2 aromatic heterocycles. The van der Waals surface area contributed by atoms with E-state index in [1.165, 1.54) is 0 Å². The molecule has 74 valence electrons. The van der Waals surface area contributed by atoms with Gasteiger partial charge in [-0.15, -0.1) is 0 Å². The lowest BCUT2D eigenvalue weighted by Crippen LogP contribution is -2.07. The van der Waals surface area contributed by atoms with Crippen LogP contribution in [0.25, 0.3) is 5.82 Å². The van der Waals surface area contributed by atoms with Crippen LogP contribution in [0, 0.1) is 6.92 Å². The Hall–Kier alpha value is -1.78. The summed E-state index contributed by atoms with van der Waals surface area (Å²) >= 11 is 0. The van der Waals surface area contributed by atoms with Crippen LogP contribution in [0.1, 0.15) is 12.6 Å². The highest BCUT2D eigenvalue weighted by molar-refractivity contribution is 5.56. The van der Waals surface area contributed by atoms with Crippen LogP contribution in [0.15, 0.2) is 18.5 Å². The minimum Gasteiger partial charge on any atom is -0.394 e. The first-order valence-corrected chi connectivity index (χ1v) is 4.57. The van der Waals surface area contributed by atoms with E-state index in [1.54, 1.807) is 10.9 Å². The molecule has 0 atom stereocenters. The van der Waals surface area contributed by atoms with Crippen LogP contribution >= 0.6 is 0 Å². The summed E-state index contributed by atoms with van der Waals surface area (Å²) in [6, 6.07) is 1.86. The Morgan fingerprint density at radius 3 is 2.86 bits per heavy atom. The summed E-state index contributed by atoms with van der Waals surface area (Å²) in [4.78, 5) is 0. The number of aromatic nitrogens is 4. The van der Waals surface area contributed by atoms with Gasteiger partial charge >= 0.3 is 0 Å². The largest absolute Gasteiger partial charge is 0.394 e. The highest BCUT2D eigenvalue weighted by Gasteiger charge is 2.12. The molecule has 14 heavy (non-hydrogen) atoms. The van der Waals surface area contributed by atoms with Gasteiger partial charge in [0.1, 0.15) is 0 Å². The minimum absolute atomic E-state index is 0.690. The Balaban J connectivity index is 2.61. The zero-order valence-corrected chi connectivity index (χ0v) is 8.31. The first-order valence-electron chi connectivity index (χ1n) is 4.57. The fourth-order valence-corrected chi connectivity index (χ4v) is 1.44. The molecule has 0 radical (unpaired) electrons. The number of nitrogens with two attached hydrogens (primary N) is 1. The minimum atomic E-state index is 0.690. The van der Waals surface area contributed by atoms with Gasteiger partial charge in [-0.2, -0.15) is 10.2 Å². The second kappa shape index (κ2) is 3.17. The average Bonchev–Trinajstić information content (AvgIpc) is 2.76. The molecule has 2 N–H and O–H groups in total. The number of aryl methyl sites for hydroxylation is 2. The van der Waals surface area contributed by atoms with Crippen molar-refractivity contribution >= 4 is 5.69 Å². The summed E-state index contributed by atoms with van der Waals surface area (Å²) in [5, 5.41) is 8.46. The molecule has 0 saturated heterocycles. The van der Waals surface area contributed by atoms with E-state index in [4.69, 9.17) is 5.73 Å².